The summed E-state index contributed by atoms with van der Waals surface area (Å²) in [6.45, 7) is 0. The molecule has 1 aliphatic heterocycles. The second kappa shape index (κ2) is 5.66. The molecule has 24 heavy (non-hydrogen) atoms. The van der Waals surface area contributed by atoms with Crippen molar-refractivity contribution in [1.29, 1.82) is 0 Å². The first kappa shape index (κ1) is 14.2. The molecule has 0 unspecified atom stereocenters. The second-order valence-corrected chi connectivity index (χ2v) is 5.58. The van der Waals surface area contributed by atoms with Gasteiger partial charge in [0.25, 0.3) is 11.8 Å². The summed E-state index contributed by atoms with van der Waals surface area (Å²) in [5.74, 6) is -0.620. The molecule has 0 spiro atoms. The molecule has 4 nitrogen and oxygen atoms in total. The number of imide groups is 1. The number of anilines is 3. The topological polar surface area (TPSA) is 49.4 Å². The average Bonchev–Trinajstić information content (AvgIpc) is 2.94. The van der Waals surface area contributed by atoms with E-state index < -0.39 is 0 Å². The highest BCUT2D eigenvalue weighted by Gasteiger charge is 2.24. The average molecular weight is 314 g/mol. The molecular formula is C20H14N2O2. The van der Waals surface area contributed by atoms with E-state index in [1.54, 1.807) is 12.1 Å². The van der Waals surface area contributed by atoms with Gasteiger partial charge in [-0.2, -0.15) is 0 Å². The number of nitrogens with zero attached hydrogens (tertiary/aromatic N) is 1. The van der Waals surface area contributed by atoms with Gasteiger partial charge in [0.1, 0.15) is 0 Å². The number of hydrogen-bond acceptors (Lipinski definition) is 3. The fraction of sp³-hybridized carbons (Fsp3) is 0. The molecule has 116 valence electrons. The summed E-state index contributed by atoms with van der Waals surface area (Å²) in [6, 6.07) is 21.6. The zero-order valence-corrected chi connectivity index (χ0v) is 12.8. The van der Waals surface area contributed by atoms with Crippen LogP contribution in [0.4, 0.5) is 17.1 Å². The first-order chi connectivity index (χ1) is 11.7. The van der Waals surface area contributed by atoms with E-state index in [1.165, 1.54) is 22.9 Å². The van der Waals surface area contributed by atoms with Gasteiger partial charge in [-0.25, -0.2) is 4.90 Å². The smallest absolute Gasteiger partial charge is 0.258 e. The largest absolute Gasteiger partial charge is 0.356 e. The summed E-state index contributed by atoms with van der Waals surface area (Å²) in [4.78, 5) is 24.5. The Morgan fingerprint density at radius 1 is 0.667 bits per heavy atom. The van der Waals surface area contributed by atoms with Crippen LogP contribution in [0.3, 0.4) is 0 Å². The molecule has 0 fully saturated rings. The van der Waals surface area contributed by atoms with Gasteiger partial charge in [0.2, 0.25) is 0 Å². The molecule has 3 aromatic rings. The molecule has 1 N–H and O–H groups in total. The Kier molecular flexibility index (Phi) is 3.35. The second-order valence-electron chi connectivity index (χ2n) is 5.58. The molecule has 3 aromatic carbocycles. The number of hydrogen-bond donors (Lipinski definition) is 1. The van der Waals surface area contributed by atoms with Crippen LogP contribution in [0.15, 0.2) is 78.9 Å². The van der Waals surface area contributed by atoms with E-state index >= 15 is 0 Å². The van der Waals surface area contributed by atoms with Gasteiger partial charge in [-0.15, -0.1) is 0 Å². The monoisotopic (exact) mass is 314 g/mol. The van der Waals surface area contributed by atoms with Crippen LogP contribution in [0.2, 0.25) is 0 Å². The molecule has 0 bridgehead atoms. The standard InChI is InChI=1S/C20H14N2O2/c23-19-11-12-20(24)22(19)18-9-7-16(8-10-18)21-17-6-5-14-3-1-2-4-15(14)13-17/h1-13,21H. The maximum atomic E-state index is 11.7. The summed E-state index contributed by atoms with van der Waals surface area (Å²) < 4.78 is 0. The van der Waals surface area contributed by atoms with Crippen molar-refractivity contribution in [3.63, 3.8) is 0 Å². The molecule has 0 radical (unpaired) electrons. The normalized spacial score (nSPS) is 13.8. The minimum absolute atomic E-state index is 0.310. The predicted molar refractivity (Wildman–Crippen MR) is 95.3 cm³/mol. The lowest BCUT2D eigenvalue weighted by molar-refractivity contribution is -0.119. The van der Waals surface area contributed by atoms with Gasteiger partial charge in [-0.1, -0.05) is 30.3 Å². The minimum Gasteiger partial charge on any atom is -0.356 e. The highest BCUT2D eigenvalue weighted by atomic mass is 16.2. The summed E-state index contributed by atoms with van der Waals surface area (Å²) in [5, 5.41) is 5.69. The number of fused-ring (bicyclic) bond motifs is 1. The zero-order valence-electron chi connectivity index (χ0n) is 12.8. The van der Waals surface area contributed by atoms with E-state index in [-0.39, 0.29) is 11.8 Å². The number of amides is 2. The molecular weight excluding hydrogens is 300 g/mol. The van der Waals surface area contributed by atoms with Crippen LogP contribution in [0.5, 0.6) is 0 Å². The van der Waals surface area contributed by atoms with Crippen LogP contribution in [0.25, 0.3) is 10.8 Å². The third kappa shape index (κ3) is 2.54. The van der Waals surface area contributed by atoms with Crippen LogP contribution in [-0.2, 0) is 9.59 Å². The fourth-order valence-electron chi connectivity index (χ4n) is 2.78. The molecule has 1 heterocycles. The first-order valence-electron chi connectivity index (χ1n) is 7.63. The molecule has 0 atom stereocenters. The van der Waals surface area contributed by atoms with Crippen molar-refractivity contribution in [3.8, 4) is 0 Å². The van der Waals surface area contributed by atoms with Gasteiger partial charge in [0.15, 0.2) is 0 Å². The molecule has 1 aliphatic rings. The van der Waals surface area contributed by atoms with Crippen molar-refractivity contribution in [2.24, 2.45) is 0 Å². The summed E-state index contributed by atoms with van der Waals surface area (Å²) in [7, 11) is 0. The van der Waals surface area contributed by atoms with Crippen LogP contribution in [0.1, 0.15) is 0 Å². The van der Waals surface area contributed by atoms with E-state index in [1.807, 2.05) is 30.3 Å². The fourth-order valence-corrected chi connectivity index (χ4v) is 2.78. The third-order valence-corrected chi connectivity index (χ3v) is 3.97. The van der Waals surface area contributed by atoms with E-state index in [0.29, 0.717) is 5.69 Å². The van der Waals surface area contributed by atoms with Crippen molar-refractivity contribution in [1.82, 2.24) is 0 Å². The van der Waals surface area contributed by atoms with Crippen LogP contribution >= 0.6 is 0 Å². The maximum absolute atomic E-state index is 11.7. The molecule has 0 aliphatic carbocycles. The van der Waals surface area contributed by atoms with E-state index in [4.69, 9.17) is 0 Å². The van der Waals surface area contributed by atoms with E-state index in [0.717, 1.165) is 16.3 Å². The van der Waals surface area contributed by atoms with E-state index in [9.17, 15) is 9.59 Å². The van der Waals surface area contributed by atoms with Gasteiger partial charge in [-0.05, 0) is 47.2 Å². The highest BCUT2D eigenvalue weighted by Crippen LogP contribution is 2.25. The molecule has 4 rings (SSSR count). The van der Waals surface area contributed by atoms with E-state index in [2.05, 4.69) is 29.6 Å². The minimum atomic E-state index is -0.310. The Balaban J connectivity index is 1.56. The van der Waals surface area contributed by atoms with Crippen molar-refractivity contribution in [2.75, 3.05) is 10.2 Å². The number of benzene rings is 3. The number of rotatable bonds is 3. The Hall–Kier alpha value is -3.40. The summed E-state index contributed by atoms with van der Waals surface area (Å²) >= 11 is 0. The van der Waals surface area contributed by atoms with Gasteiger partial charge in [0.05, 0.1) is 5.69 Å². The maximum Gasteiger partial charge on any atom is 0.258 e. The van der Waals surface area contributed by atoms with Gasteiger partial charge in [-0.3, -0.25) is 9.59 Å². The van der Waals surface area contributed by atoms with Crippen molar-refractivity contribution in [3.05, 3.63) is 78.9 Å². The lowest BCUT2D eigenvalue weighted by Gasteiger charge is -2.14. The van der Waals surface area contributed by atoms with Gasteiger partial charge >= 0.3 is 0 Å². The highest BCUT2D eigenvalue weighted by molar-refractivity contribution is 6.28. The summed E-state index contributed by atoms with van der Waals surface area (Å²) in [6.07, 6.45) is 2.56. The zero-order chi connectivity index (χ0) is 16.5. The lowest BCUT2D eigenvalue weighted by atomic mass is 10.1. The van der Waals surface area contributed by atoms with Crippen LogP contribution in [0, 0.1) is 0 Å². The van der Waals surface area contributed by atoms with Crippen molar-refractivity contribution < 1.29 is 9.59 Å². The molecule has 0 saturated heterocycles. The Morgan fingerprint density at radius 2 is 1.29 bits per heavy atom. The summed E-state index contributed by atoms with van der Waals surface area (Å²) in [5.41, 5.74) is 2.44. The van der Waals surface area contributed by atoms with Crippen molar-refractivity contribution >= 4 is 39.6 Å². The quantitative estimate of drug-likeness (QED) is 0.743. The Morgan fingerprint density at radius 3 is 2.00 bits per heavy atom. The van der Waals surface area contributed by atoms with Crippen molar-refractivity contribution in [2.45, 2.75) is 0 Å². The first-order valence-corrected chi connectivity index (χ1v) is 7.63. The number of carbonyl (C=O) groups is 2. The molecule has 4 heteroatoms. The SMILES string of the molecule is O=C1C=CC(=O)N1c1ccc(Nc2ccc3ccccc3c2)cc1. The number of carbonyl (C=O) groups excluding carboxylic acids is 2. The Labute approximate surface area is 139 Å². The predicted octanol–water partition coefficient (Wildman–Crippen LogP) is 4.01. The molecule has 2 amide bonds. The number of nitrogens with one attached hydrogen (secondary N) is 1. The molecule has 0 aromatic heterocycles. The Bertz CT molecular complexity index is 956. The van der Waals surface area contributed by atoms with Crippen LogP contribution < -0.4 is 10.2 Å². The lowest BCUT2D eigenvalue weighted by Crippen LogP contribution is -2.29. The van der Waals surface area contributed by atoms with Gasteiger partial charge < -0.3 is 5.32 Å². The van der Waals surface area contributed by atoms with Gasteiger partial charge in [0, 0.05) is 23.5 Å². The molecule has 0 saturated carbocycles. The van der Waals surface area contributed by atoms with Crippen LogP contribution in [-0.4, -0.2) is 11.8 Å². The third-order valence-electron chi connectivity index (χ3n) is 3.97.